The Morgan fingerprint density at radius 1 is 0.938 bits per heavy atom. The molecular weight excluding hydrogens is 210 g/mol. The third kappa shape index (κ3) is 1.18. The van der Waals surface area contributed by atoms with Crippen LogP contribution in [-0.4, -0.2) is 5.11 Å². The van der Waals surface area contributed by atoms with Crippen LogP contribution in [0.2, 0.25) is 0 Å². The van der Waals surface area contributed by atoms with Crippen molar-refractivity contribution in [3.05, 3.63) is 52.9 Å². The Kier molecular flexibility index (Phi) is 1.74. The summed E-state index contributed by atoms with van der Waals surface area (Å²) >= 11 is 0. The van der Waals surface area contributed by atoms with Crippen LogP contribution in [0, 0.1) is 0 Å². The summed E-state index contributed by atoms with van der Waals surface area (Å²) in [5.74, 6) is 0.0888. The third-order valence-electron chi connectivity index (χ3n) is 2.61. The molecule has 0 aliphatic heterocycles. The van der Waals surface area contributed by atoms with Gasteiger partial charge in [-0.2, -0.15) is 0 Å². The van der Waals surface area contributed by atoms with Gasteiger partial charge in [-0.1, -0.05) is 18.2 Å². The van der Waals surface area contributed by atoms with Gasteiger partial charge in [0.05, 0.1) is 5.39 Å². The highest BCUT2D eigenvalue weighted by Gasteiger charge is 2.06. The molecule has 1 heterocycles. The van der Waals surface area contributed by atoms with Gasteiger partial charge >= 0.3 is 5.63 Å². The summed E-state index contributed by atoms with van der Waals surface area (Å²) in [6.07, 6.45) is 0. The molecule has 0 radical (unpaired) electrons. The molecule has 0 saturated carbocycles. The van der Waals surface area contributed by atoms with Crippen molar-refractivity contribution in [3.8, 4) is 5.75 Å². The molecule has 0 bridgehead atoms. The molecule has 78 valence electrons. The van der Waals surface area contributed by atoms with E-state index in [4.69, 9.17) is 4.42 Å². The number of benzene rings is 2. The molecule has 3 nitrogen and oxygen atoms in total. The predicted octanol–water partition coefficient (Wildman–Crippen LogP) is 2.65. The Bertz CT molecular complexity index is 741. The van der Waals surface area contributed by atoms with E-state index in [9.17, 15) is 9.90 Å². The molecule has 0 fully saturated rings. The quantitative estimate of drug-likeness (QED) is 0.466. The molecular formula is C13H8O3. The second-order valence-corrected chi connectivity index (χ2v) is 3.62. The van der Waals surface area contributed by atoms with Crippen molar-refractivity contribution in [2.24, 2.45) is 0 Å². The molecule has 3 aromatic rings. The van der Waals surface area contributed by atoms with E-state index in [1.54, 1.807) is 24.3 Å². The van der Waals surface area contributed by atoms with Gasteiger partial charge in [0, 0.05) is 11.5 Å². The summed E-state index contributed by atoms with van der Waals surface area (Å²) < 4.78 is 5.14. The van der Waals surface area contributed by atoms with Crippen LogP contribution in [0.4, 0.5) is 0 Å². The highest BCUT2D eigenvalue weighted by atomic mass is 16.4. The largest absolute Gasteiger partial charge is 0.508 e. The molecule has 3 rings (SSSR count). The third-order valence-corrected chi connectivity index (χ3v) is 2.61. The van der Waals surface area contributed by atoms with Crippen LogP contribution in [0.5, 0.6) is 5.75 Å². The standard InChI is InChI=1S/C13H8O3/c14-8-5-6-10-9-3-1-2-4-11(9)13(15)16-12(10)7-8/h1-7,14H/i5+1,6+1,7+1,8+1,10+1,12+1. The lowest BCUT2D eigenvalue weighted by molar-refractivity contribution is 0.473. The monoisotopic (exact) mass is 218 g/mol. The fraction of sp³-hybridized carbons (Fsp3) is 0. The lowest BCUT2D eigenvalue weighted by Crippen LogP contribution is -1.99. The number of fused-ring (bicyclic) bond motifs is 3. The average molecular weight is 218 g/mol. The van der Waals surface area contributed by atoms with Gasteiger partial charge in [0.25, 0.3) is 0 Å². The second kappa shape index (κ2) is 3.10. The molecule has 0 spiro atoms. The molecule has 16 heavy (non-hydrogen) atoms. The van der Waals surface area contributed by atoms with E-state index < -0.39 is 0 Å². The first-order valence-electron chi connectivity index (χ1n) is 4.90. The summed E-state index contributed by atoms with van der Waals surface area (Å²) in [5.41, 5.74) is 0.0254. The Hall–Kier alpha value is -2.29. The minimum atomic E-state index is -0.381. The second-order valence-electron chi connectivity index (χ2n) is 3.62. The number of aromatic hydroxyl groups is 1. The van der Waals surface area contributed by atoms with Crippen LogP contribution in [0.1, 0.15) is 0 Å². The van der Waals surface area contributed by atoms with E-state index in [0.29, 0.717) is 11.0 Å². The van der Waals surface area contributed by atoms with Crippen molar-refractivity contribution >= 4 is 21.7 Å². The molecule has 1 N–H and O–H groups in total. The summed E-state index contributed by atoms with van der Waals surface area (Å²) in [7, 11) is 0. The number of phenols is 1. The van der Waals surface area contributed by atoms with Gasteiger partial charge in [0.15, 0.2) is 0 Å². The molecule has 0 saturated heterocycles. The minimum Gasteiger partial charge on any atom is -0.508 e. The van der Waals surface area contributed by atoms with E-state index in [1.807, 2.05) is 12.1 Å². The van der Waals surface area contributed by atoms with E-state index in [0.717, 1.165) is 10.8 Å². The predicted molar refractivity (Wildman–Crippen MR) is 61.7 cm³/mol. The van der Waals surface area contributed by atoms with Crippen LogP contribution in [-0.2, 0) is 0 Å². The first-order valence-corrected chi connectivity index (χ1v) is 4.90. The fourth-order valence-corrected chi connectivity index (χ4v) is 1.87. The SMILES string of the molecule is O=c1o[13c]2[13cH][13c](O)[13cH][13cH][13c]2c2ccccc12. The normalized spacial score (nSPS) is 11.0. The van der Waals surface area contributed by atoms with E-state index >= 15 is 0 Å². The van der Waals surface area contributed by atoms with Crippen LogP contribution < -0.4 is 5.63 Å². The zero-order chi connectivity index (χ0) is 11.1. The maximum atomic E-state index is 11.7. The van der Waals surface area contributed by atoms with Gasteiger partial charge in [-0.3, -0.25) is 0 Å². The van der Waals surface area contributed by atoms with Gasteiger partial charge in [-0.05, 0) is 23.6 Å². The Morgan fingerprint density at radius 3 is 2.50 bits per heavy atom. The topological polar surface area (TPSA) is 50.4 Å². The maximum absolute atomic E-state index is 11.7. The maximum Gasteiger partial charge on any atom is 0.344 e. The minimum absolute atomic E-state index is 0.0888. The first kappa shape index (κ1) is 8.97. The Labute approximate surface area is 90.6 Å². The molecule has 0 amide bonds. The molecule has 0 atom stereocenters. The van der Waals surface area contributed by atoms with Crippen molar-refractivity contribution < 1.29 is 9.52 Å². The van der Waals surface area contributed by atoms with Crippen LogP contribution in [0.15, 0.2) is 51.7 Å². The molecule has 0 aliphatic carbocycles. The van der Waals surface area contributed by atoms with Crippen molar-refractivity contribution in [2.45, 2.75) is 0 Å². The van der Waals surface area contributed by atoms with E-state index in [1.165, 1.54) is 6.07 Å². The summed E-state index contributed by atoms with van der Waals surface area (Å²) in [6.45, 7) is 0. The van der Waals surface area contributed by atoms with Crippen molar-refractivity contribution in [2.75, 3.05) is 0 Å². The zero-order valence-electron chi connectivity index (χ0n) is 8.31. The summed E-state index contributed by atoms with van der Waals surface area (Å²) in [6, 6.07) is 12.0. The van der Waals surface area contributed by atoms with Crippen molar-refractivity contribution in [1.82, 2.24) is 0 Å². The number of hydrogen-bond acceptors (Lipinski definition) is 3. The van der Waals surface area contributed by atoms with Crippen LogP contribution in [0.25, 0.3) is 21.7 Å². The number of rotatable bonds is 0. The highest BCUT2D eigenvalue weighted by Crippen LogP contribution is 2.25. The summed E-state index contributed by atoms with van der Waals surface area (Å²) in [4.78, 5) is 11.7. The smallest absolute Gasteiger partial charge is 0.344 e. The molecule has 2 aromatic carbocycles. The van der Waals surface area contributed by atoms with Gasteiger partial charge in [0.1, 0.15) is 11.3 Å². The number of phenolic OH excluding ortho intramolecular Hbond substituents is 1. The highest BCUT2D eigenvalue weighted by molar-refractivity contribution is 6.04. The van der Waals surface area contributed by atoms with Crippen LogP contribution in [0.3, 0.4) is 0 Å². The Balaban J connectivity index is 2.64. The van der Waals surface area contributed by atoms with Gasteiger partial charge in [-0.25, -0.2) is 4.79 Å². The van der Waals surface area contributed by atoms with Crippen molar-refractivity contribution in [1.29, 1.82) is 0 Å². The zero-order valence-corrected chi connectivity index (χ0v) is 8.31. The lowest BCUT2D eigenvalue weighted by atomic mass is 10.2. The number of hydrogen-bond donors (Lipinski definition) is 1. The molecule has 0 unspecified atom stereocenters. The lowest BCUT2D eigenvalue weighted by Gasteiger charge is -2.01. The van der Waals surface area contributed by atoms with Crippen molar-refractivity contribution in [3.63, 3.8) is 0 Å². The first-order chi connectivity index (χ1) is 7.75. The molecule has 0 aliphatic rings. The van der Waals surface area contributed by atoms with Crippen LogP contribution >= 0.6 is 0 Å². The molecule has 3 heteroatoms. The van der Waals surface area contributed by atoms with E-state index in [2.05, 4.69) is 0 Å². The fourth-order valence-electron chi connectivity index (χ4n) is 1.87. The van der Waals surface area contributed by atoms with Gasteiger partial charge in [-0.15, -0.1) is 0 Å². The summed E-state index contributed by atoms with van der Waals surface area (Å²) in [5, 5.41) is 11.6. The van der Waals surface area contributed by atoms with Gasteiger partial charge in [0.2, 0.25) is 0 Å². The molecule has 1 aromatic heterocycles. The van der Waals surface area contributed by atoms with E-state index in [-0.39, 0.29) is 11.4 Å². The Morgan fingerprint density at radius 2 is 1.69 bits per heavy atom. The van der Waals surface area contributed by atoms with Gasteiger partial charge < -0.3 is 9.52 Å². The average Bonchev–Trinajstić information content (AvgIpc) is 2.29.